The van der Waals surface area contributed by atoms with Gasteiger partial charge < -0.3 is 15.0 Å². The fourth-order valence-corrected chi connectivity index (χ4v) is 2.17. The molecule has 3 aromatic rings. The van der Waals surface area contributed by atoms with E-state index in [4.69, 9.17) is 16.3 Å². The quantitative estimate of drug-likeness (QED) is 0.766. The van der Waals surface area contributed by atoms with Gasteiger partial charge >= 0.3 is 0 Å². The zero-order chi connectivity index (χ0) is 13.9. The third-order valence-electron chi connectivity index (χ3n) is 3.06. The lowest BCUT2D eigenvalue weighted by atomic mass is 10.2. The molecule has 0 amide bonds. The van der Waals surface area contributed by atoms with Crippen LogP contribution in [0.25, 0.3) is 11.0 Å². The Bertz CT molecular complexity index is 722. The lowest BCUT2D eigenvalue weighted by Gasteiger charge is -2.04. The molecule has 1 heterocycles. The summed E-state index contributed by atoms with van der Waals surface area (Å²) in [5, 5.41) is 3.95. The number of ether oxygens (including phenoxy) is 1. The number of nitrogens with zero attached hydrogens (tertiary/aromatic N) is 1. The maximum Gasteiger partial charge on any atom is 0.201 e. The summed E-state index contributed by atoms with van der Waals surface area (Å²) in [7, 11) is 1.66. The summed E-state index contributed by atoms with van der Waals surface area (Å²) in [4.78, 5) is 7.65. The summed E-state index contributed by atoms with van der Waals surface area (Å²) in [6, 6.07) is 13.5. The van der Waals surface area contributed by atoms with E-state index in [1.807, 2.05) is 42.5 Å². The van der Waals surface area contributed by atoms with Crippen molar-refractivity contribution in [3.8, 4) is 5.75 Å². The summed E-state index contributed by atoms with van der Waals surface area (Å²) in [6.45, 7) is 0.692. The van der Waals surface area contributed by atoms with E-state index in [2.05, 4.69) is 15.3 Å². The molecule has 2 N–H and O–H groups in total. The van der Waals surface area contributed by atoms with Crippen LogP contribution in [0.3, 0.4) is 0 Å². The van der Waals surface area contributed by atoms with Crippen LogP contribution in [0.4, 0.5) is 5.95 Å². The van der Waals surface area contributed by atoms with Gasteiger partial charge in [-0.25, -0.2) is 4.98 Å². The van der Waals surface area contributed by atoms with Gasteiger partial charge in [-0.05, 0) is 35.9 Å². The second-order valence-electron chi connectivity index (χ2n) is 4.45. The molecule has 0 spiro atoms. The number of fused-ring (bicyclic) bond motifs is 1. The number of aromatic amines is 1. The number of methoxy groups -OCH3 is 1. The first-order valence-corrected chi connectivity index (χ1v) is 6.64. The van der Waals surface area contributed by atoms with E-state index in [1.165, 1.54) is 0 Å². The van der Waals surface area contributed by atoms with Gasteiger partial charge in [-0.2, -0.15) is 0 Å². The predicted molar refractivity (Wildman–Crippen MR) is 81.4 cm³/mol. The number of rotatable bonds is 4. The van der Waals surface area contributed by atoms with Crippen LogP contribution in [-0.2, 0) is 6.54 Å². The second-order valence-corrected chi connectivity index (χ2v) is 4.88. The van der Waals surface area contributed by atoms with E-state index in [1.54, 1.807) is 7.11 Å². The van der Waals surface area contributed by atoms with Gasteiger partial charge in [-0.3, -0.25) is 0 Å². The average Bonchev–Trinajstić information content (AvgIpc) is 2.87. The molecule has 20 heavy (non-hydrogen) atoms. The highest BCUT2D eigenvalue weighted by molar-refractivity contribution is 6.31. The summed E-state index contributed by atoms with van der Waals surface area (Å²) >= 11 is 5.95. The molecule has 0 saturated heterocycles. The summed E-state index contributed by atoms with van der Waals surface area (Å²) in [5.41, 5.74) is 2.98. The molecule has 0 bridgehead atoms. The van der Waals surface area contributed by atoms with E-state index < -0.39 is 0 Å². The molecule has 0 saturated carbocycles. The lowest BCUT2D eigenvalue weighted by Crippen LogP contribution is -2.00. The Balaban J connectivity index is 1.72. The van der Waals surface area contributed by atoms with Crippen LogP contribution in [0.2, 0.25) is 5.02 Å². The third-order valence-corrected chi connectivity index (χ3v) is 3.30. The zero-order valence-electron chi connectivity index (χ0n) is 11.0. The van der Waals surface area contributed by atoms with Gasteiger partial charge in [0, 0.05) is 11.6 Å². The number of hydrogen-bond acceptors (Lipinski definition) is 3. The van der Waals surface area contributed by atoms with Gasteiger partial charge in [-0.1, -0.05) is 23.7 Å². The number of halogens is 1. The van der Waals surface area contributed by atoms with Gasteiger partial charge in [-0.15, -0.1) is 0 Å². The van der Waals surface area contributed by atoms with Crippen LogP contribution in [0.1, 0.15) is 5.56 Å². The molecule has 0 aliphatic heterocycles. The van der Waals surface area contributed by atoms with E-state index >= 15 is 0 Å². The normalized spacial score (nSPS) is 10.7. The van der Waals surface area contributed by atoms with Gasteiger partial charge in [0.15, 0.2) is 0 Å². The Kier molecular flexibility index (Phi) is 3.48. The minimum atomic E-state index is 0.692. The molecule has 1 aromatic heterocycles. The van der Waals surface area contributed by atoms with Crippen LogP contribution in [0, 0.1) is 0 Å². The number of hydrogen-bond donors (Lipinski definition) is 2. The Morgan fingerprint density at radius 2 is 2.00 bits per heavy atom. The summed E-state index contributed by atoms with van der Waals surface area (Å²) < 4.78 is 5.13. The molecule has 3 rings (SSSR count). The molecule has 0 fully saturated rings. The van der Waals surface area contributed by atoms with Crippen LogP contribution in [0.15, 0.2) is 42.5 Å². The van der Waals surface area contributed by atoms with Crippen LogP contribution >= 0.6 is 11.6 Å². The number of imidazole rings is 1. The first-order chi connectivity index (χ1) is 9.74. The van der Waals surface area contributed by atoms with Gasteiger partial charge in [0.2, 0.25) is 5.95 Å². The SMILES string of the molecule is COc1ccc(CNc2nc3ccc(Cl)cc3[nH]2)cc1. The van der Waals surface area contributed by atoms with E-state index in [0.29, 0.717) is 11.6 Å². The molecular weight excluding hydrogens is 274 g/mol. The molecule has 0 radical (unpaired) electrons. The smallest absolute Gasteiger partial charge is 0.201 e. The van der Waals surface area contributed by atoms with Crippen molar-refractivity contribution in [2.24, 2.45) is 0 Å². The second kappa shape index (κ2) is 5.43. The lowest BCUT2D eigenvalue weighted by molar-refractivity contribution is 0.414. The minimum Gasteiger partial charge on any atom is -0.497 e. The van der Waals surface area contributed by atoms with Crippen LogP contribution in [0.5, 0.6) is 5.75 Å². The summed E-state index contributed by atoms with van der Waals surface area (Å²) in [5.74, 6) is 1.59. The first kappa shape index (κ1) is 12.8. The first-order valence-electron chi connectivity index (χ1n) is 6.27. The van der Waals surface area contributed by atoms with E-state index in [0.717, 1.165) is 28.3 Å². The van der Waals surface area contributed by atoms with Crippen molar-refractivity contribution in [1.29, 1.82) is 0 Å². The van der Waals surface area contributed by atoms with Gasteiger partial charge in [0.1, 0.15) is 5.75 Å². The molecule has 4 nitrogen and oxygen atoms in total. The van der Waals surface area contributed by atoms with Crippen molar-refractivity contribution in [3.63, 3.8) is 0 Å². The van der Waals surface area contributed by atoms with Gasteiger partial charge in [0.05, 0.1) is 18.1 Å². The highest BCUT2D eigenvalue weighted by atomic mass is 35.5. The average molecular weight is 288 g/mol. The Morgan fingerprint density at radius 1 is 1.20 bits per heavy atom. The molecule has 0 aliphatic rings. The Labute approximate surface area is 121 Å². The molecule has 102 valence electrons. The maximum absolute atomic E-state index is 5.95. The fraction of sp³-hybridized carbons (Fsp3) is 0.133. The van der Waals surface area contributed by atoms with Gasteiger partial charge in [0.25, 0.3) is 0 Å². The molecule has 2 aromatic carbocycles. The van der Waals surface area contributed by atoms with Crippen molar-refractivity contribution in [2.45, 2.75) is 6.54 Å². The molecule has 0 unspecified atom stereocenters. The van der Waals surface area contributed by atoms with Crippen molar-refractivity contribution in [3.05, 3.63) is 53.1 Å². The van der Waals surface area contributed by atoms with Crippen molar-refractivity contribution in [2.75, 3.05) is 12.4 Å². The molecule has 0 atom stereocenters. The van der Waals surface area contributed by atoms with Crippen molar-refractivity contribution in [1.82, 2.24) is 9.97 Å². The standard InChI is InChI=1S/C15H14ClN3O/c1-20-12-5-2-10(3-6-12)9-17-15-18-13-7-4-11(16)8-14(13)19-15/h2-8H,9H2,1H3,(H2,17,18,19). The maximum atomic E-state index is 5.95. The number of benzene rings is 2. The molecule has 5 heteroatoms. The third kappa shape index (κ3) is 2.70. The van der Waals surface area contributed by atoms with Crippen molar-refractivity contribution < 1.29 is 4.74 Å². The highest BCUT2D eigenvalue weighted by Crippen LogP contribution is 2.19. The largest absolute Gasteiger partial charge is 0.497 e. The van der Waals surface area contributed by atoms with E-state index in [-0.39, 0.29) is 0 Å². The van der Waals surface area contributed by atoms with Crippen LogP contribution < -0.4 is 10.1 Å². The summed E-state index contributed by atoms with van der Waals surface area (Å²) in [6.07, 6.45) is 0. The van der Waals surface area contributed by atoms with Crippen molar-refractivity contribution >= 4 is 28.6 Å². The molecular formula is C15H14ClN3O. The minimum absolute atomic E-state index is 0.692. The number of aromatic nitrogens is 2. The van der Waals surface area contributed by atoms with E-state index in [9.17, 15) is 0 Å². The Morgan fingerprint density at radius 3 is 2.75 bits per heavy atom. The fourth-order valence-electron chi connectivity index (χ4n) is 1.99. The number of anilines is 1. The number of nitrogens with one attached hydrogen (secondary N) is 2. The monoisotopic (exact) mass is 287 g/mol. The Hall–Kier alpha value is -2.20. The number of H-pyrrole nitrogens is 1. The topological polar surface area (TPSA) is 49.9 Å². The van der Waals surface area contributed by atoms with Crippen LogP contribution in [-0.4, -0.2) is 17.1 Å². The highest BCUT2D eigenvalue weighted by Gasteiger charge is 2.03. The molecule has 0 aliphatic carbocycles. The zero-order valence-corrected chi connectivity index (χ0v) is 11.7. The predicted octanol–water partition coefficient (Wildman–Crippen LogP) is 3.84.